The van der Waals surface area contributed by atoms with Crippen LogP contribution in [0, 0.1) is 24.0 Å². The second-order valence-corrected chi connectivity index (χ2v) is 5.90. The van der Waals surface area contributed by atoms with Crippen LogP contribution in [0.15, 0.2) is 17.2 Å². The van der Waals surface area contributed by atoms with Crippen molar-refractivity contribution in [3.05, 3.63) is 43.4 Å². The van der Waals surface area contributed by atoms with Gasteiger partial charge in [-0.2, -0.15) is 5.10 Å². The van der Waals surface area contributed by atoms with Crippen molar-refractivity contribution in [3.8, 4) is 11.5 Å². The Morgan fingerprint density at radius 1 is 1.50 bits per heavy atom. The van der Waals surface area contributed by atoms with E-state index in [1.54, 1.807) is 13.8 Å². The van der Waals surface area contributed by atoms with Crippen molar-refractivity contribution in [3.63, 3.8) is 0 Å². The average Bonchev–Trinajstić information content (AvgIpc) is 2.86. The quantitative estimate of drug-likeness (QED) is 0.483. The van der Waals surface area contributed by atoms with Gasteiger partial charge in [0.2, 0.25) is 5.75 Å². The van der Waals surface area contributed by atoms with Crippen molar-refractivity contribution in [2.75, 3.05) is 7.11 Å². The first kappa shape index (κ1) is 17.3. The second kappa shape index (κ2) is 7.04. The summed E-state index contributed by atoms with van der Waals surface area (Å²) in [6.07, 6.45) is 1.22. The van der Waals surface area contributed by atoms with Crippen LogP contribution >= 0.6 is 11.3 Å². The highest BCUT2D eigenvalue weighted by molar-refractivity contribution is 7.13. The van der Waals surface area contributed by atoms with Crippen molar-refractivity contribution in [1.82, 2.24) is 10.4 Å². The Labute approximate surface area is 140 Å². The van der Waals surface area contributed by atoms with Gasteiger partial charge in [0.25, 0.3) is 5.91 Å². The molecule has 1 aromatic carbocycles. The van der Waals surface area contributed by atoms with E-state index in [-0.39, 0.29) is 11.3 Å². The predicted molar refractivity (Wildman–Crippen MR) is 88.0 cm³/mol. The van der Waals surface area contributed by atoms with Gasteiger partial charge >= 0.3 is 5.69 Å². The van der Waals surface area contributed by atoms with E-state index < -0.39 is 22.3 Å². The Morgan fingerprint density at radius 2 is 2.21 bits per heavy atom. The summed E-state index contributed by atoms with van der Waals surface area (Å²) < 4.78 is 4.88. The number of hydrogen-bond donors (Lipinski definition) is 2. The summed E-state index contributed by atoms with van der Waals surface area (Å²) in [6, 6.07) is 2.48. The summed E-state index contributed by atoms with van der Waals surface area (Å²) in [6.45, 7) is 3.51. The number of nitro groups is 1. The summed E-state index contributed by atoms with van der Waals surface area (Å²) in [5.41, 5.74) is 2.70. The lowest BCUT2D eigenvalue weighted by Crippen LogP contribution is -2.17. The number of benzene rings is 1. The fraction of sp³-hybridized carbons (Fsp3) is 0.214. The van der Waals surface area contributed by atoms with Gasteiger partial charge in [0.15, 0.2) is 5.75 Å². The molecule has 0 aliphatic rings. The molecule has 0 saturated heterocycles. The van der Waals surface area contributed by atoms with E-state index >= 15 is 0 Å². The molecule has 0 atom stereocenters. The number of nitrogens with zero attached hydrogens (tertiary/aromatic N) is 3. The summed E-state index contributed by atoms with van der Waals surface area (Å²) in [4.78, 5) is 26.8. The zero-order chi connectivity index (χ0) is 17.9. The number of aromatic nitrogens is 1. The van der Waals surface area contributed by atoms with E-state index in [0.717, 1.165) is 11.1 Å². The predicted octanol–water partition coefficient (Wildman–Crippen LogP) is 2.15. The minimum Gasteiger partial charge on any atom is -0.500 e. The average molecular weight is 350 g/mol. The van der Waals surface area contributed by atoms with Gasteiger partial charge in [-0.1, -0.05) is 0 Å². The van der Waals surface area contributed by atoms with Crippen LogP contribution in [0.1, 0.15) is 25.9 Å². The molecule has 0 aliphatic carbocycles. The van der Waals surface area contributed by atoms with Crippen LogP contribution in [0.2, 0.25) is 0 Å². The van der Waals surface area contributed by atoms with Crippen molar-refractivity contribution in [2.45, 2.75) is 13.8 Å². The zero-order valence-corrected chi connectivity index (χ0v) is 13.9. The highest BCUT2D eigenvalue weighted by Gasteiger charge is 2.19. The summed E-state index contributed by atoms with van der Waals surface area (Å²) in [5.74, 6) is -1.06. The Balaban J connectivity index is 2.20. The number of carbonyl (C=O) groups is 1. The first-order valence-electron chi connectivity index (χ1n) is 6.66. The maximum absolute atomic E-state index is 12.0. The number of nitro benzene ring substituents is 1. The molecular formula is C14H14N4O5S. The summed E-state index contributed by atoms with van der Waals surface area (Å²) >= 11 is 1.24. The Hall–Kier alpha value is -3.01. The first-order valence-corrected chi connectivity index (χ1v) is 7.48. The minimum absolute atomic E-state index is 0.0640. The standard InChI is InChI=1S/C14H14N4O5S/c1-7-13(24-8(2)16-7)14(20)17-15-6-9-4-10(18(21)22)12(19)11(5-9)23-3/h4-6,19H,1-3H3,(H,17,20)/b15-6+. The molecular weight excluding hydrogens is 336 g/mol. The lowest BCUT2D eigenvalue weighted by molar-refractivity contribution is -0.386. The highest BCUT2D eigenvalue weighted by atomic mass is 32.1. The number of thiazole rings is 1. The molecule has 0 bridgehead atoms. The Kier molecular flexibility index (Phi) is 5.09. The number of rotatable bonds is 5. The Bertz CT molecular complexity index is 831. The van der Waals surface area contributed by atoms with Gasteiger partial charge in [-0.15, -0.1) is 11.3 Å². The molecule has 2 N–H and O–H groups in total. The molecule has 0 saturated carbocycles. The van der Waals surface area contributed by atoms with Gasteiger partial charge in [-0.05, 0) is 19.9 Å². The molecule has 24 heavy (non-hydrogen) atoms. The number of amides is 1. The monoisotopic (exact) mass is 350 g/mol. The third kappa shape index (κ3) is 3.66. The molecule has 0 spiro atoms. The van der Waals surface area contributed by atoms with E-state index in [0.29, 0.717) is 10.6 Å². The number of aromatic hydroxyl groups is 1. The lowest BCUT2D eigenvalue weighted by atomic mass is 10.2. The van der Waals surface area contributed by atoms with E-state index in [4.69, 9.17) is 4.74 Å². The van der Waals surface area contributed by atoms with E-state index in [1.165, 1.54) is 30.7 Å². The number of hydrogen-bond acceptors (Lipinski definition) is 8. The summed E-state index contributed by atoms with van der Waals surface area (Å²) in [7, 11) is 1.27. The number of phenols is 1. The number of carbonyl (C=O) groups excluding carboxylic acids is 1. The van der Waals surface area contributed by atoms with Gasteiger partial charge in [0.1, 0.15) is 4.88 Å². The smallest absolute Gasteiger partial charge is 0.315 e. The van der Waals surface area contributed by atoms with Gasteiger partial charge in [0.05, 0.1) is 28.9 Å². The number of ether oxygens (including phenoxy) is 1. The maximum atomic E-state index is 12.0. The molecule has 0 aliphatic heterocycles. The molecule has 1 amide bonds. The molecule has 10 heteroatoms. The van der Waals surface area contributed by atoms with Gasteiger partial charge in [-0.3, -0.25) is 14.9 Å². The Morgan fingerprint density at radius 3 is 2.75 bits per heavy atom. The van der Waals surface area contributed by atoms with Crippen LogP contribution in [0.3, 0.4) is 0 Å². The first-order chi connectivity index (χ1) is 11.3. The molecule has 0 unspecified atom stereocenters. The van der Waals surface area contributed by atoms with Gasteiger partial charge < -0.3 is 9.84 Å². The fourth-order valence-electron chi connectivity index (χ4n) is 1.94. The van der Waals surface area contributed by atoms with E-state index in [1.807, 2.05) is 0 Å². The van der Waals surface area contributed by atoms with Gasteiger partial charge in [-0.25, -0.2) is 10.4 Å². The van der Waals surface area contributed by atoms with E-state index in [2.05, 4.69) is 15.5 Å². The lowest BCUT2D eigenvalue weighted by Gasteiger charge is -2.05. The zero-order valence-electron chi connectivity index (χ0n) is 13.1. The minimum atomic E-state index is -0.739. The topological polar surface area (TPSA) is 127 Å². The molecule has 2 rings (SSSR count). The van der Waals surface area contributed by atoms with Crippen LogP contribution in [-0.4, -0.2) is 34.2 Å². The van der Waals surface area contributed by atoms with Crippen LogP contribution in [-0.2, 0) is 0 Å². The van der Waals surface area contributed by atoms with Crippen molar-refractivity contribution < 1.29 is 19.6 Å². The SMILES string of the molecule is COc1cc(/C=N/NC(=O)c2sc(C)nc2C)cc([N+](=O)[O-])c1O. The fourth-order valence-corrected chi connectivity index (χ4v) is 2.75. The molecule has 0 fully saturated rings. The van der Waals surface area contributed by atoms with Crippen LogP contribution in [0.25, 0.3) is 0 Å². The maximum Gasteiger partial charge on any atom is 0.315 e. The number of nitrogens with one attached hydrogen (secondary N) is 1. The number of methoxy groups -OCH3 is 1. The van der Waals surface area contributed by atoms with Gasteiger partial charge in [0, 0.05) is 11.6 Å². The highest BCUT2D eigenvalue weighted by Crippen LogP contribution is 2.36. The summed E-state index contributed by atoms with van der Waals surface area (Å²) in [5, 5.41) is 25.1. The molecule has 126 valence electrons. The normalized spacial score (nSPS) is 10.8. The number of aryl methyl sites for hydroxylation is 2. The molecule has 1 heterocycles. The largest absolute Gasteiger partial charge is 0.500 e. The second-order valence-electron chi connectivity index (χ2n) is 4.69. The molecule has 1 aromatic heterocycles. The molecule has 2 aromatic rings. The number of hydrazone groups is 1. The van der Waals surface area contributed by atoms with Crippen molar-refractivity contribution in [2.24, 2.45) is 5.10 Å². The molecule has 0 radical (unpaired) electrons. The third-order valence-electron chi connectivity index (χ3n) is 2.98. The van der Waals surface area contributed by atoms with Crippen LogP contribution in [0.4, 0.5) is 5.69 Å². The van der Waals surface area contributed by atoms with E-state index in [9.17, 15) is 20.0 Å². The molecule has 9 nitrogen and oxygen atoms in total. The number of phenolic OH excluding ortho intramolecular Hbond substituents is 1. The van der Waals surface area contributed by atoms with Crippen molar-refractivity contribution >= 4 is 29.1 Å². The van der Waals surface area contributed by atoms with Crippen LogP contribution in [0.5, 0.6) is 11.5 Å². The third-order valence-corrected chi connectivity index (χ3v) is 4.05. The van der Waals surface area contributed by atoms with Crippen LogP contribution < -0.4 is 10.2 Å². The van der Waals surface area contributed by atoms with Crippen molar-refractivity contribution in [1.29, 1.82) is 0 Å².